The number of halogens is 1. The number of nitrogens with one attached hydrogen (secondary N) is 1. The third-order valence-electron chi connectivity index (χ3n) is 2.57. The highest BCUT2D eigenvalue weighted by molar-refractivity contribution is 6.10. The van der Waals surface area contributed by atoms with Gasteiger partial charge < -0.3 is 15.5 Å². The van der Waals surface area contributed by atoms with E-state index < -0.39 is 23.8 Å². The average Bonchev–Trinajstić information content (AvgIpc) is 2.69. The Kier molecular flexibility index (Phi) is 3.01. The van der Waals surface area contributed by atoms with Crippen molar-refractivity contribution in [3.63, 3.8) is 0 Å². The summed E-state index contributed by atoms with van der Waals surface area (Å²) < 4.78 is 17.7. The maximum atomic E-state index is 13.1. The normalized spacial score (nSPS) is 12.3. The van der Waals surface area contributed by atoms with Gasteiger partial charge in [0, 0.05) is 22.7 Å². The second-order valence-corrected chi connectivity index (χ2v) is 3.84. The van der Waals surface area contributed by atoms with Gasteiger partial charge in [0.25, 0.3) is 0 Å². The summed E-state index contributed by atoms with van der Waals surface area (Å²) in [4.78, 5) is 25.4. The van der Waals surface area contributed by atoms with Gasteiger partial charge in [0.1, 0.15) is 5.82 Å². The molecule has 2 rings (SSSR count). The SMILES string of the molecule is CC(OC(N)=O)C(=O)c1c[nH]c2ccc(F)cc12. The van der Waals surface area contributed by atoms with Gasteiger partial charge in [0.2, 0.25) is 5.78 Å². The lowest BCUT2D eigenvalue weighted by atomic mass is 10.1. The molecule has 0 spiro atoms. The molecular weight excluding hydrogens is 239 g/mol. The van der Waals surface area contributed by atoms with Crippen LogP contribution in [0.2, 0.25) is 0 Å². The van der Waals surface area contributed by atoms with E-state index in [0.29, 0.717) is 10.9 Å². The van der Waals surface area contributed by atoms with Crippen LogP contribution < -0.4 is 5.73 Å². The molecule has 1 atom stereocenters. The highest BCUT2D eigenvalue weighted by atomic mass is 19.1. The molecule has 6 heteroatoms. The van der Waals surface area contributed by atoms with Gasteiger partial charge in [-0.05, 0) is 25.1 Å². The van der Waals surface area contributed by atoms with Crippen molar-refractivity contribution >= 4 is 22.8 Å². The minimum absolute atomic E-state index is 0.262. The van der Waals surface area contributed by atoms with E-state index in [-0.39, 0.29) is 5.56 Å². The van der Waals surface area contributed by atoms with Crippen LogP contribution in [0.4, 0.5) is 9.18 Å². The molecule has 1 aromatic heterocycles. The number of carbonyl (C=O) groups is 2. The first-order valence-electron chi connectivity index (χ1n) is 5.26. The van der Waals surface area contributed by atoms with E-state index in [4.69, 9.17) is 5.73 Å². The lowest BCUT2D eigenvalue weighted by Crippen LogP contribution is -2.27. The Balaban J connectivity index is 2.38. The maximum absolute atomic E-state index is 13.1. The lowest BCUT2D eigenvalue weighted by molar-refractivity contribution is 0.0697. The van der Waals surface area contributed by atoms with Crippen molar-refractivity contribution in [1.82, 2.24) is 4.98 Å². The summed E-state index contributed by atoms with van der Waals surface area (Å²) in [5, 5.41) is 0.444. The molecule has 1 aromatic carbocycles. The van der Waals surface area contributed by atoms with E-state index >= 15 is 0 Å². The number of hydrogen-bond acceptors (Lipinski definition) is 3. The molecule has 1 amide bonds. The largest absolute Gasteiger partial charge is 0.438 e. The standard InChI is InChI=1S/C12H11FN2O3/c1-6(18-12(14)17)11(16)9-5-15-10-3-2-7(13)4-8(9)10/h2-6,15H,1H3,(H2,14,17). The Morgan fingerprint density at radius 1 is 1.44 bits per heavy atom. The fourth-order valence-electron chi connectivity index (χ4n) is 1.74. The molecule has 1 heterocycles. The molecule has 5 nitrogen and oxygen atoms in total. The summed E-state index contributed by atoms with van der Waals surface area (Å²) in [6.45, 7) is 1.41. The van der Waals surface area contributed by atoms with E-state index in [1.807, 2.05) is 0 Å². The molecule has 0 saturated heterocycles. The molecule has 18 heavy (non-hydrogen) atoms. The molecule has 94 valence electrons. The monoisotopic (exact) mass is 250 g/mol. The second-order valence-electron chi connectivity index (χ2n) is 3.84. The molecular formula is C12H11FN2O3. The maximum Gasteiger partial charge on any atom is 0.405 e. The fourth-order valence-corrected chi connectivity index (χ4v) is 1.74. The van der Waals surface area contributed by atoms with Crippen molar-refractivity contribution in [3.8, 4) is 0 Å². The molecule has 0 fully saturated rings. The molecule has 0 bridgehead atoms. The number of amides is 1. The van der Waals surface area contributed by atoms with Gasteiger partial charge >= 0.3 is 6.09 Å². The van der Waals surface area contributed by atoms with Crippen LogP contribution >= 0.6 is 0 Å². The molecule has 0 saturated carbocycles. The number of ketones is 1. The number of rotatable bonds is 3. The highest BCUT2D eigenvalue weighted by Crippen LogP contribution is 2.21. The molecule has 0 aliphatic heterocycles. The van der Waals surface area contributed by atoms with Gasteiger partial charge in [0.05, 0.1) is 0 Å². The van der Waals surface area contributed by atoms with Crippen LogP contribution in [-0.4, -0.2) is 23.0 Å². The van der Waals surface area contributed by atoms with E-state index in [2.05, 4.69) is 9.72 Å². The summed E-state index contributed by atoms with van der Waals surface area (Å²) in [5.74, 6) is -0.884. The Morgan fingerprint density at radius 3 is 2.83 bits per heavy atom. The summed E-state index contributed by atoms with van der Waals surface area (Å²) in [6.07, 6.45) is -0.584. The first kappa shape index (κ1) is 12.1. The lowest BCUT2D eigenvalue weighted by Gasteiger charge is -2.09. The van der Waals surface area contributed by atoms with Gasteiger partial charge in [0.15, 0.2) is 6.10 Å². The molecule has 0 aliphatic rings. The predicted molar refractivity (Wildman–Crippen MR) is 62.7 cm³/mol. The molecule has 0 aliphatic carbocycles. The number of H-pyrrole nitrogens is 1. The van der Waals surface area contributed by atoms with E-state index in [1.165, 1.54) is 31.3 Å². The first-order chi connectivity index (χ1) is 8.49. The van der Waals surface area contributed by atoms with Crippen LogP contribution in [0.5, 0.6) is 0 Å². The Bertz CT molecular complexity index is 621. The zero-order chi connectivity index (χ0) is 13.3. The average molecular weight is 250 g/mol. The Morgan fingerprint density at radius 2 is 2.17 bits per heavy atom. The van der Waals surface area contributed by atoms with Crippen LogP contribution in [0.1, 0.15) is 17.3 Å². The molecule has 3 N–H and O–H groups in total. The topological polar surface area (TPSA) is 85.2 Å². The van der Waals surface area contributed by atoms with Crippen LogP contribution in [0.25, 0.3) is 10.9 Å². The van der Waals surface area contributed by atoms with E-state index in [1.54, 1.807) is 0 Å². The Labute approximate surface area is 102 Å². The number of ether oxygens (including phenoxy) is 1. The predicted octanol–water partition coefficient (Wildman–Crippen LogP) is 1.97. The van der Waals surface area contributed by atoms with Crippen molar-refractivity contribution in [3.05, 3.63) is 35.8 Å². The Hall–Kier alpha value is -2.37. The third kappa shape index (κ3) is 2.17. The van der Waals surface area contributed by atoms with Crippen LogP contribution in [-0.2, 0) is 4.74 Å². The number of carbonyl (C=O) groups excluding carboxylic acids is 2. The highest BCUT2D eigenvalue weighted by Gasteiger charge is 2.21. The quantitative estimate of drug-likeness (QED) is 0.816. The summed E-state index contributed by atoms with van der Waals surface area (Å²) in [6, 6.07) is 4.06. The van der Waals surface area contributed by atoms with Crippen molar-refractivity contribution in [2.75, 3.05) is 0 Å². The van der Waals surface area contributed by atoms with Gasteiger partial charge in [-0.15, -0.1) is 0 Å². The zero-order valence-electron chi connectivity index (χ0n) is 9.57. The van der Waals surface area contributed by atoms with Gasteiger partial charge in [-0.1, -0.05) is 0 Å². The minimum atomic E-state index is -1.03. The van der Waals surface area contributed by atoms with Gasteiger partial charge in [-0.3, -0.25) is 4.79 Å². The number of hydrogen-bond donors (Lipinski definition) is 2. The number of nitrogens with two attached hydrogens (primary N) is 1. The smallest absolute Gasteiger partial charge is 0.405 e. The number of Topliss-reactive ketones (excluding diaryl/α,β-unsaturated/α-hetero) is 1. The van der Waals surface area contributed by atoms with Crippen molar-refractivity contribution in [1.29, 1.82) is 0 Å². The number of aromatic nitrogens is 1. The summed E-state index contributed by atoms with van der Waals surface area (Å²) in [7, 11) is 0. The van der Waals surface area contributed by atoms with E-state index in [0.717, 1.165) is 0 Å². The molecule has 2 aromatic rings. The second kappa shape index (κ2) is 4.48. The number of aromatic amines is 1. The number of fused-ring (bicyclic) bond motifs is 1. The zero-order valence-corrected chi connectivity index (χ0v) is 9.57. The van der Waals surface area contributed by atoms with Gasteiger partial charge in [-0.2, -0.15) is 0 Å². The number of benzene rings is 1. The van der Waals surface area contributed by atoms with Crippen molar-refractivity contribution in [2.24, 2.45) is 5.73 Å². The molecule has 1 unspecified atom stereocenters. The minimum Gasteiger partial charge on any atom is -0.438 e. The fraction of sp³-hybridized carbons (Fsp3) is 0.167. The number of primary amides is 1. The molecule has 0 radical (unpaired) electrons. The van der Waals surface area contributed by atoms with Crippen LogP contribution in [0, 0.1) is 5.82 Å². The van der Waals surface area contributed by atoms with Crippen LogP contribution in [0.15, 0.2) is 24.4 Å². The van der Waals surface area contributed by atoms with Crippen LogP contribution in [0.3, 0.4) is 0 Å². The first-order valence-corrected chi connectivity index (χ1v) is 5.26. The van der Waals surface area contributed by atoms with Crippen molar-refractivity contribution in [2.45, 2.75) is 13.0 Å². The van der Waals surface area contributed by atoms with Crippen molar-refractivity contribution < 1.29 is 18.7 Å². The summed E-state index contributed by atoms with van der Waals surface area (Å²) >= 11 is 0. The summed E-state index contributed by atoms with van der Waals surface area (Å²) in [5.41, 5.74) is 5.73. The van der Waals surface area contributed by atoms with Gasteiger partial charge in [-0.25, -0.2) is 9.18 Å². The van der Waals surface area contributed by atoms with E-state index in [9.17, 15) is 14.0 Å². The third-order valence-corrected chi connectivity index (χ3v) is 2.57.